The van der Waals surface area contributed by atoms with Crippen LogP contribution in [-0.4, -0.2) is 49.9 Å². The number of methoxy groups -OCH3 is 1. The third-order valence-corrected chi connectivity index (χ3v) is 4.52. The van der Waals surface area contributed by atoms with Crippen LogP contribution in [0, 0.1) is 5.92 Å². The van der Waals surface area contributed by atoms with E-state index in [1.165, 1.54) is 7.11 Å². The highest BCUT2D eigenvalue weighted by Gasteiger charge is 2.58. The third kappa shape index (κ3) is 4.09. The van der Waals surface area contributed by atoms with Gasteiger partial charge in [0.1, 0.15) is 6.61 Å². The van der Waals surface area contributed by atoms with E-state index >= 15 is 0 Å². The Labute approximate surface area is 157 Å². The van der Waals surface area contributed by atoms with Crippen LogP contribution < -0.4 is 5.32 Å². The molecule has 2 aliphatic rings. The highest BCUT2D eigenvalue weighted by molar-refractivity contribution is 5.86. The lowest BCUT2D eigenvalue weighted by molar-refractivity contribution is -0.160. The molecule has 0 radical (unpaired) electrons. The first kappa shape index (κ1) is 19.2. The molecule has 2 aliphatic heterocycles. The summed E-state index contributed by atoms with van der Waals surface area (Å²) in [5.74, 6) is -2.10. The van der Waals surface area contributed by atoms with E-state index in [4.69, 9.17) is 18.9 Å². The second-order valence-corrected chi connectivity index (χ2v) is 6.84. The van der Waals surface area contributed by atoms with Crippen LogP contribution in [0.3, 0.4) is 0 Å². The van der Waals surface area contributed by atoms with E-state index in [1.807, 2.05) is 30.3 Å². The largest absolute Gasteiger partial charge is 0.466 e. The molecule has 146 valence electrons. The molecule has 2 heterocycles. The van der Waals surface area contributed by atoms with Gasteiger partial charge < -0.3 is 18.9 Å². The number of azo groups is 1. The summed E-state index contributed by atoms with van der Waals surface area (Å²) in [5, 5.41) is 10.5. The molecular formula is C18H23N3O6. The van der Waals surface area contributed by atoms with Gasteiger partial charge in [-0.05, 0) is 19.4 Å². The van der Waals surface area contributed by atoms with Gasteiger partial charge in [-0.25, -0.2) is 9.59 Å². The van der Waals surface area contributed by atoms with Crippen molar-refractivity contribution in [3.05, 3.63) is 35.9 Å². The minimum absolute atomic E-state index is 0.0573. The number of rotatable bonds is 5. The quantitative estimate of drug-likeness (QED) is 0.787. The molecule has 0 saturated carbocycles. The van der Waals surface area contributed by atoms with Crippen molar-refractivity contribution in [2.24, 2.45) is 16.1 Å². The zero-order chi connectivity index (χ0) is 19.5. The van der Waals surface area contributed by atoms with Crippen molar-refractivity contribution < 1.29 is 28.5 Å². The van der Waals surface area contributed by atoms with Crippen LogP contribution in [0.15, 0.2) is 40.6 Å². The van der Waals surface area contributed by atoms with Gasteiger partial charge in [-0.1, -0.05) is 30.3 Å². The average molecular weight is 377 g/mol. The Balaban J connectivity index is 1.73. The fourth-order valence-corrected chi connectivity index (χ4v) is 3.18. The first-order valence-corrected chi connectivity index (χ1v) is 8.64. The van der Waals surface area contributed by atoms with E-state index in [-0.39, 0.29) is 19.8 Å². The van der Waals surface area contributed by atoms with Crippen LogP contribution in [0.4, 0.5) is 4.79 Å². The van der Waals surface area contributed by atoms with Crippen molar-refractivity contribution in [1.29, 1.82) is 0 Å². The van der Waals surface area contributed by atoms with Gasteiger partial charge in [-0.2, -0.15) is 10.2 Å². The van der Waals surface area contributed by atoms with Gasteiger partial charge in [0.05, 0.1) is 32.3 Å². The number of alkyl carbamates (subject to hydrolysis) is 1. The molecular weight excluding hydrogens is 354 g/mol. The predicted octanol–water partition coefficient (Wildman–Crippen LogP) is 2.02. The molecule has 0 spiro atoms. The summed E-state index contributed by atoms with van der Waals surface area (Å²) in [6, 6.07) is 9.20. The number of nitrogens with one attached hydrogen (secondary N) is 1. The Morgan fingerprint density at radius 2 is 2.04 bits per heavy atom. The number of hydrogen-bond donors (Lipinski definition) is 1. The van der Waals surface area contributed by atoms with Gasteiger partial charge in [-0.15, -0.1) is 0 Å². The van der Waals surface area contributed by atoms with Crippen LogP contribution in [0.25, 0.3) is 0 Å². The van der Waals surface area contributed by atoms with E-state index in [0.29, 0.717) is 0 Å². The van der Waals surface area contributed by atoms with E-state index in [2.05, 4.69) is 15.5 Å². The fourth-order valence-electron chi connectivity index (χ4n) is 3.18. The number of hydrogen-bond acceptors (Lipinski definition) is 8. The topological polar surface area (TPSA) is 108 Å². The zero-order valence-corrected chi connectivity index (χ0v) is 15.5. The summed E-state index contributed by atoms with van der Waals surface area (Å²) in [6.45, 7) is 4.05. The molecule has 1 amide bonds. The molecule has 3 atom stereocenters. The van der Waals surface area contributed by atoms with Crippen LogP contribution >= 0.6 is 0 Å². The Kier molecular flexibility index (Phi) is 5.43. The summed E-state index contributed by atoms with van der Waals surface area (Å²) in [6.07, 6.45) is -1.28. The Morgan fingerprint density at radius 1 is 1.30 bits per heavy atom. The first-order valence-electron chi connectivity index (χ1n) is 8.64. The fraction of sp³-hybridized carbons (Fsp3) is 0.556. The summed E-state index contributed by atoms with van der Waals surface area (Å²) in [7, 11) is 1.22. The Bertz CT molecular complexity index is 723. The van der Waals surface area contributed by atoms with Gasteiger partial charge >= 0.3 is 12.1 Å². The second kappa shape index (κ2) is 7.61. The highest BCUT2D eigenvalue weighted by Crippen LogP contribution is 2.37. The number of amides is 1. The number of ether oxygens (including phenoxy) is 4. The van der Waals surface area contributed by atoms with E-state index in [9.17, 15) is 9.59 Å². The van der Waals surface area contributed by atoms with E-state index < -0.39 is 35.5 Å². The lowest BCUT2D eigenvalue weighted by Crippen LogP contribution is -2.60. The molecule has 1 N–H and O–H groups in total. The maximum atomic E-state index is 12.5. The number of benzene rings is 1. The minimum atomic E-state index is -1.71. The molecule has 1 saturated heterocycles. The van der Waals surface area contributed by atoms with Crippen molar-refractivity contribution in [3.63, 3.8) is 0 Å². The predicted molar refractivity (Wildman–Crippen MR) is 92.6 cm³/mol. The third-order valence-electron chi connectivity index (χ3n) is 4.52. The smallest absolute Gasteiger partial charge is 0.409 e. The van der Waals surface area contributed by atoms with Crippen LogP contribution in [-0.2, 0) is 30.3 Å². The van der Waals surface area contributed by atoms with Crippen LogP contribution in [0.5, 0.6) is 0 Å². The number of carbonyl (C=O) groups excluding carboxylic acids is 2. The molecule has 0 aliphatic carbocycles. The molecule has 3 rings (SSSR count). The van der Waals surface area contributed by atoms with E-state index in [1.54, 1.807) is 13.8 Å². The number of esters is 1. The van der Waals surface area contributed by atoms with E-state index in [0.717, 1.165) is 5.56 Å². The summed E-state index contributed by atoms with van der Waals surface area (Å²) < 4.78 is 21.5. The summed E-state index contributed by atoms with van der Waals surface area (Å²) >= 11 is 0. The molecule has 1 aromatic carbocycles. The van der Waals surface area contributed by atoms with Gasteiger partial charge in [0.15, 0.2) is 5.79 Å². The monoisotopic (exact) mass is 377 g/mol. The zero-order valence-electron chi connectivity index (χ0n) is 15.5. The SMILES string of the molecule is COC(=O)[C@]1(NC(=O)OCc2ccccc2)N=NC[C@@H]1[C@H]1COC(C)(C)O1. The molecule has 0 aromatic heterocycles. The molecule has 0 bridgehead atoms. The van der Waals surface area contributed by atoms with Crippen LogP contribution in [0.2, 0.25) is 0 Å². The summed E-state index contributed by atoms with van der Waals surface area (Å²) in [4.78, 5) is 24.9. The van der Waals surface area contributed by atoms with Gasteiger partial charge in [-0.3, -0.25) is 5.32 Å². The molecule has 0 unspecified atom stereocenters. The second-order valence-electron chi connectivity index (χ2n) is 6.84. The van der Waals surface area contributed by atoms with Crippen LogP contribution in [0.1, 0.15) is 19.4 Å². The molecule has 9 heteroatoms. The van der Waals surface area contributed by atoms with Gasteiger partial charge in [0.25, 0.3) is 5.66 Å². The Morgan fingerprint density at radius 3 is 2.67 bits per heavy atom. The lowest BCUT2D eigenvalue weighted by atomic mass is 9.89. The molecule has 27 heavy (non-hydrogen) atoms. The van der Waals surface area contributed by atoms with Crippen molar-refractivity contribution in [2.45, 2.75) is 38.0 Å². The van der Waals surface area contributed by atoms with Crippen molar-refractivity contribution >= 4 is 12.1 Å². The van der Waals surface area contributed by atoms with Gasteiger partial charge in [0, 0.05) is 0 Å². The maximum absolute atomic E-state index is 12.5. The Hall–Kier alpha value is -2.52. The number of carbonyl (C=O) groups is 2. The van der Waals surface area contributed by atoms with Gasteiger partial charge in [0.2, 0.25) is 0 Å². The first-order chi connectivity index (χ1) is 12.9. The lowest BCUT2D eigenvalue weighted by Gasteiger charge is -2.32. The molecule has 9 nitrogen and oxygen atoms in total. The average Bonchev–Trinajstić information content (AvgIpc) is 3.23. The van der Waals surface area contributed by atoms with Crippen molar-refractivity contribution in [1.82, 2.24) is 5.32 Å². The molecule has 1 fully saturated rings. The molecule has 1 aromatic rings. The number of nitrogens with zero attached hydrogens (tertiary/aromatic N) is 2. The normalized spacial score (nSPS) is 28.7. The maximum Gasteiger partial charge on any atom is 0.409 e. The van der Waals surface area contributed by atoms with Crippen molar-refractivity contribution in [2.75, 3.05) is 20.3 Å². The van der Waals surface area contributed by atoms with Crippen molar-refractivity contribution in [3.8, 4) is 0 Å². The minimum Gasteiger partial charge on any atom is -0.466 e. The highest BCUT2D eigenvalue weighted by atomic mass is 16.7. The standard InChI is InChI=1S/C18H23N3O6/c1-17(2)26-11-14(27-17)13-9-19-21-18(13,15(22)24-3)20-16(23)25-10-12-7-5-4-6-8-12/h4-8,13-14H,9-11H2,1-3H3,(H,20,23)/t13-,14-,18-/m1/s1. The summed E-state index contributed by atoms with van der Waals surface area (Å²) in [5.41, 5.74) is -0.893.